The molecule has 0 atom stereocenters. The molecule has 0 bridgehead atoms. The van der Waals surface area contributed by atoms with E-state index in [0.717, 1.165) is 42.0 Å². The lowest BCUT2D eigenvalue weighted by Crippen LogP contribution is -2.19. The van der Waals surface area contributed by atoms with Crippen molar-refractivity contribution in [2.24, 2.45) is 5.92 Å². The summed E-state index contributed by atoms with van der Waals surface area (Å²) in [6, 6.07) is 2.08. The van der Waals surface area contributed by atoms with Crippen molar-refractivity contribution >= 4 is 15.9 Å². The summed E-state index contributed by atoms with van der Waals surface area (Å²) in [7, 11) is 0. The molecule has 0 saturated heterocycles. The fourth-order valence-electron chi connectivity index (χ4n) is 1.74. The van der Waals surface area contributed by atoms with E-state index < -0.39 is 0 Å². The van der Waals surface area contributed by atoms with E-state index in [-0.39, 0.29) is 0 Å². The minimum atomic E-state index is 0.647. The molecule has 4 heteroatoms. The lowest BCUT2D eigenvalue weighted by atomic mass is 10.2. The molecule has 1 aromatic heterocycles. The number of halogens is 1. The van der Waals surface area contributed by atoms with E-state index in [0.29, 0.717) is 5.92 Å². The minimum Gasteiger partial charge on any atom is -0.477 e. The van der Waals surface area contributed by atoms with Crippen LogP contribution in [-0.2, 0) is 6.54 Å². The average molecular weight is 329 g/mol. The molecule has 0 aliphatic heterocycles. The molecule has 19 heavy (non-hydrogen) atoms. The highest BCUT2D eigenvalue weighted by Crippen LogP contribution is 2.20. The summed E-state index contributed by atoms with van der Waals surface area (Å²) in [5.41, 5.74) is 1.12. The summed E-state index contributed by atoms with van der Waals surface area (Å²) >= 11 is 3.46. The summed E-state index contributed by atoms with van der Waals surface area (Å²) in [5, 5.41) is 3.43. The molecule has 3 nitrogen and oxygen atoms in total. The maximum atomic E-state index is 5.78. The molecular weight excluding hydrogens is 304 g/mol. The molecular formula is C15H25BrN2O. The van der Waals surface area contributed by atoms with Gasteiger partial charge in [-0.2, -0.15) is 0 Å². The Kier molecular flexibility index (Phi) is 8.07. The molecule has 1 aromatic rings. The summed E-state index contributed by atoms with van der Waals surface area (Å²) in [5.74, 6) is 1.41. The quantitative estimate of drug-likeness (QED) is 0.691. The van der Waals surface area contributed by atoms with Crippen LogP contribution in [0.1, 0.15) is 45.6 Å². The van der Waals surface area contributed by atoms with E-state index in [9.17, 15) is 0 Å². The molecule has 1 heterocycles. The van der Waals surface area contributed by atoms with Gasteiger partial charge < -0.3 is 10.1 Å². The van der Waals surface area contributed by atoms with Crippen LogP contribution in [0.25, 0.3) is 0 Å². The van der Waals surface area contributed by atoms with Crippen LogP contribution in [0.2, 0.25) is 0 Å². The predicted molar refractivity (Wildman–Crippen MR) is 83.5 cm³/mol. The molecule has 1 N–H and O–H groups in total. The highest BCUT2D eigenvalue weighted by molar-refractivity contribution is 9.10. The highest BCUT2D eigenvalue weighted by Gasteiger charge is 2.06. The molecule has 0 aliphatic carbocycles. The average Bonchev–Trinajstić information content (AvgIpc) is 2.36. The smallest absolute Gasteiger partial charge is 0.217 e. The fourth-order valence-corrected chi connectivity index (χ4v) is 2.12. The van der Waals surface area contributed by atoms with E-state index in [2.05, 4.69) is 53.1 Å². The molecule has 0 saturated carbocycles. The Morgan fingerprint density at radius 1 is 1.37 bits per heavy atom. The Hall–Kier alpha value is -0.610. The molecule has 0 amide bonds. The summed E-state index contributed by atoms with van der Waals surface area (Å²) in [6.07, 6.45) is 5.30. The number of rotatable bonds is 9. The summed E-state index contributed by atoms with van der Waals surface area (Å²) in [4.78, 5) is 4.36. The molecule has 0 aromatic carbocycles. The molecule has 0 fully saturated rings. The zero-order chi connectivity index (χ0) is 14.1. The monoisotopic (exact) mass is 328 g/mol. The highest BCUT2D eigenvalue weighted by atomic mass is 79.9. The molecule has 0 aliphatic rings. The van der Waals surface area contributed by atoms with Gasteiger partial charge in [0.15, 0.2) is 0 Å². The van der Waals surface area contributed by atoms with Crippen LogP contribution in [0.3, 0.4) is 0 Å². The molecule has 108 valence electrons. The first-order chi connectivity index (χ1) is 9.13. The van der Waals surface area contributed by atoms with E-state index in [4.69, 9.17) is 4.74 Å². The molecule has 0 radical (unpaired) electrons. The zero-order valence-electron chi connectivity index (χ0n) is 12.2. The topological polar surface area (TPSA) is 34.1 Å². The third kappa shape index (κ3) is 6.92. The second-order valence-corrected chi connectivity index (χ2v) is 6.11. The first-order valence-electron chi connectivity index (χ1n) is 7.11. The van der Waals surface area contributed by atoms with Gasteiger partial charge in [0.1, 0.15) is 0 Å². The largest absolute Gasteiger partial charge is 0.477 e. The van der Waals surface area contributed by atoms with Crippen molar-refractivity contribution in [3.8, 4) is 5.88 Å². The van der Waals surface area contributed by atoms with Gasteiger partial charge in [0.05, 0.1) is 6.61 Å². The third-order valence-electron chi connectivity index (χ3n) is 2.75. The Labute approximate surface area is 125 Å². The van der Waals surface area contributed by atoms with Gasteiger partial charge in [-0.3, -0.25) is 0 Å². The van der Waals surface area contributed by atoms with Crippen molar-refractivity contribution < 1.29 is 4.74 Å². The maximum absolute atomic E-state index is 5.78. The minimum absolute atomic E-state index is 0.647. The van der Waals surface area contributed by atoms with Crippen LogP contribution in [0.4, 0.5) is 0 Å². The standard InChI is InChI=1S/C15H25BrN2O/c1-4-5-6-7-19-15-13(8-14(16)11-18-15)10-17-9-12(2)3/h8,11-12,17H,4-7,9-10H2,1-3H3. The second kappa shape index (κ2) is 9.32. The van der Waals surface area contributed by atoms with Gasteiger partial charge in [-0.05, 0) is 40.9 Å². The van der Waals surface area contributed by atoms with Gasteiger partial charge in [0.25, 0.3) is 0 Å². The molecule has 1 rings (SSSR count). The van der Waals surface area contributed by atoms with Crippen molar-refractivity contribution in [2.75, 3.05) is 13.2 Å². The van der Waals surface area contributed by atoms with Crippen LogP contribution in [0, 0.1) is 5.92 Å². The lowest BCUT2D eigenvalue weighted by Gasteiger charge is -2.12. The number of nitrogens with one attached hydrogen (secondary N) is 1. The van der Waals surface area contributed by atoms with Crippen molar-refractivity contribution in [1.29, 1.82) is 0 Å². The number of aromatic nitrogens is 1. The Bertz CT molecular complexity index is 369. The fraction of sp³-hybridized carbons (Fsp3) is 0.667. The predicted octanol–water partition coefficient (Wildman–Crippen LogP) is 4.16. The van der Waals surface area contributed by atoms with E-state index >= 15 is 0 Å². The van der Waals surface area contributed by atoms with E-state index in [1.807, 2.05) is 0 Å². The number of hydrogen-bond donors (Lipinski definition) is 1. The van der Waals surface area contributed by atoms with Gasteiger partial charge in [-0.1, -0.05) is 33.6 Å². The summed E-state index contributed by atoms with van der Waals surface area (Å²) in [6.45, 7) is 9.15. The van der Waals surface area contributed by atoms with Gasteiger partial charge in [0, 0.05) is 22.8 Å². The second-order valence-electron chi connectivity index (χ2n) is 5.20. The first kappa shape index (κ1) is 16.4. The Balaban J connectivity index is 2.53. The number of hydrogen-bond acceptors (Lipinski definition) is 3. The van der Waals surface area contributed by atoms with Crippen LogP contribution in [-0.4, -0.2) is 18.1 Å². The Morgan fingerprint density at radius 2 is 2.16 bits per heavy atom. The van der Waals surface area contributed by atoms with Crippen LogP contribution in [0.5, 0.6) is 5.88 Å². The van der Waals surface area contributed by atoms with Gasteiger partial charge in [-0.15, -0.1) is 0 Å². The number of unbranched alkanes of at least 4 members (excludes halogenated alkanes) is 2. The SMILES string of the molecule is CCCCCOc1ncc(Br)cc1CNCC(C)C. The first-order valence-corrected chi connectivity index (χ1v) is 7.90. The van der Waals surface area contributed by atoms with Crippen LogP contribution >= 0.6 is 15.9 Å². The van der Waals surface area contributed by atoms with E-state index in [1.165, 1.54) is 12.8 Å². The Morgan fingerprint density at radius 3 is 2.84 bits per heavy atom. The van der Waals surface area contributed by atoms with Gasteiger partial charge in [-0.25, -0.2) is 4.98 Å². The number of ether oxygens (including phenoxy) is 1. The van der Waals surface area contributed by atoms with Gasteiger partial charge >= 0.3 is 0 Å². The van der Waals surface area contributed by atoms with Crippen molar-refractivity contribution in [3.05, 3.63) is 22.3 Å². The maximum Gasteiger partial charge on any atom is 0.217 e. The van der Waals surface area contributed by atoms with Crippen LogP contribution < -0.4 is 10.1 Å². The number of nitrogens with zero attached hydrogens (tertiary/aromatic N) is 1. The normalized spacial score (nSPS) is 11.0. The van der Waals surface area contributed by atoms with Crippen LogP contribution in [0.15, 0.2) is 16.7 Å². The lowest BCUT2D eigenvalue weighted by molar-refractivity contribution is 0.290. The number of pyridine rings is 1. The van der Waals surface area contributed by atoms with Crippen molar-refractivity contribution in [2.45, 2.75) is 46.6 Å². The van der Waals surface area contributed by atoms with E-state index in [1.54, 1.807) is 6.20 Å². The van der Waals surface area contributed by atoms with Gasteiger partial charge in [0.2, 0.25) is 5.88 Å². The third-order valence-corrected chi connectivity index (χ3v) is 3.18. The van der Waals surface area contributed by atoms with Crippen molar-refractivity contribution in [3.63, 3.8) is 0 Å². The zero-order valence-corrected chi connectivity index (χ0v) is 13.8. The molecule has 0 unspecified atom stereocenters. The van der Waals surface area contributed by atoms with Crippen molar-refractivity contribution in [1.82, 2.24) is 10.3 Å². The summed E-state index contributed by atoms with van der Waals surface area (Å²) < 4.78 is 6.77. The molecule has 0 spiro atoms.